The number of nitrogens with zero attached hydrogens (tertiary/aromatic N) is 1. The second-order valence-electron chi connectivity index (χ2n) is 8.46. The van der Waals surface area contributed by atoms with Crippen molar-refractivity contribution in [3.8, 4) is 17.2 Å². The van der Waals surface area contributed by atoms with E-state index in [1.165, 1.54) is 32.4 Å². The molecular formula is C28H23BrClN3O7. The van der Waals surface area contributed by atoms with Crippen molar-refractivity contribution >= 4 is 68.7 Å². The maximum absolute atomic E-state index is 13.2. The molecule has 4 rings (SSSR count). The molecule has 3 aromatic carbocycles. The summed E-state index contributed by atoms with van der Waals surface area (Å²) in [6.07, 6.45) is 1.32. The summed E-state index contributed by atoms with van der Waals surface area (Å²) in [6, 6.07) is 13.8. The van der Waals surface area contributed by atoms with Crippen LogP contribution in [0.5, 0.6) is 17.2 Å². The average Bonchev–Trinajstić information content (AvgIpc) is 2.92. The van der Waals surface area contributed by atoms with E-state index in [0.717, 1.165) is 10.5 Å². The quantitative estimate of drug-likeness (QED) is 0.263. The largest absolute Gasteiger partial charge is 0.495 e. The van der Waals surface area contributed by atoms with Gasteiger partial charge < -0.3 is 19.5 Å². The number of anilines is 2. The maximum atomic E-state index is 13.2. The average molecular weight is 629 g/mol. The number of amides is 5. The van der Waals surface area contributed by atoms with Gasteiger partial charge in [-0.2, -0.15) is 0 Å². The van der Waals surface area contributed by atoms with Crippen LogP contribution in [-0.4, -0.2) is 44.6 Å². The van der Waals surface area contributed by atoms with Gasteiger partial charge in [0, 0.05) is 5.02 Å². The normalized spacial score (nSPS) is 14.2. The first-order chi connectivity index (χ1) is 19.1. The number of hydrogen-bond acceptors (Lipinski definition) is 7. The number of rotatable bonds is 8. The highest BCUT2D eigenvalue weighted by Crippen LogP contribution is 2.38. The Hall–Kier alpha value is -4.35. The summed E-state index contributed by atoms with van der Waals surface area (Å²) in [5, 5.41) is 5.25. The van der Waals surface area contributed by atoms with Gasteiger partial charge in [0.1, 0.15) is 11.3 Å². The molecule has 1 saturated heterocycles. The number of ether oxygens (including phenoxy) is 3. The number of hydrogen-bond donors (Lipinski definition) is 2. The van der Waals surface area contributed by atoms with Gasteiger partial charge in [0.05, 0.1) is 30.1 Å². The van der Waals surface area contributed by atoms with Gasteiger partial charge in [0.2, 0.25) is 0 Å². The van der Waals surface area contributed by atoms with Crippen LogP contribution in [0.3, 0.4) is 0 Å². The van der Waals surface area contributed by atoms with E-state index in [4.69, 9.17) is 25.8 Å². The van der Waals surface area contributed by atoms with Crippen LogP contribution in [0, 0.1) is 6.92 Å². The Morgan fingerprint density at radius 3 is 2.48 bits per heavy atom. The van der Waals surface area contributed by atoms with Crippen LogP contribution in [0.4, 0.5) is 16.2 Å². The fraction of sp³-hybridized carbons (Fsp3) is 0.143. The fourth-order valence-corrected chi connectivity index (χ4v) is 4.56. The van der Waals surface area contributed by atoms with Crippen molar-refractivity contribution < 1.29 is 33.4 Å². The summed E-state index contributed by atoms with van der Waals surface area (Å²) in [5.41, 5.74) is 1.57. The summed E-state index contributed by atoms with van der Waals surface area (Å²) in [4.78, 5) is 51.7. The monoisotopic (exact) mass is 627 g/mol. The van der Waals surface area contributed by atoms with E-state index in [0.29, 0.717) is 26.5 Å². The molecule has 206 valence electrons. The van der Waals surface area contributed by atoms with Crippen molar-refractivity contribution in [3.63, 3.8) is 0 Å². The lowest BCUT2D eigenvalue weighted by atomic mass is 10.1. The molecule has 0 atom stereocenters. The van der Waals surface area contributed by atoms with Crippen molar-refractivity contribution in [3.05, 3.63) is 80.8 Å². The molecular weight excluding hydrogens is 606 g/mol. The van der Waals surface area contributed by atoms with Crippen molar-refractivity contribution in [2.45, 2.75) is 6.92 Å². The van der Waals surface area contributed by atoms with Crippen LogP contribution in [0.15, 0.2) is 64.6 Å². The first-order valence-corrected chi connectivity index (χ1v) is 12.9. The third-order valence-corrected chi connectivity index (χ3v) is 6.80. The van der Waals surface area contributed by atoms with E-state index in [9.17, 15) is 19.2 Å². The van der Waals surface area contributed by atoms with Crippen LogP contribution in [0.1, 0.15) is 11.1 Å². The third kappa shape index (κ3) is 6.11. The molecule has 0 bridgehead atoms. The summed E-state index contributed by atoms with van der Waals surface area (Å²) in [6.45, 7) is 1.44. The van der Waals surface area contributed by atoms with E-state index in [2.05, 4.69) is 26.6 Å². The minimum absolute atomic E-state index is 0.213. The van der Waals surface area contributed by atoms with Gasteiger partial charge in [0.15, 0.2) is 18.1 Å². The van der Waals surface area contributed by atoms with Crippen LogP contribution in [-0.2, 0) is 14.4 Å². The molecule has 0 saturated carbocycles. The third-order valence-electron chi connectivity index (χ3n) is 5.81. The molecule has 5 amide bonds. The Morgan fingerprint density at radius 1 is 1.05 bits per heavy atom. The zero-order valence-electron chi connectivity index (χ0n) is 21.5. The second kappa shape index (κ2) is 12.2. The highest BCUT2D eigenvalue weighted by molar-refractivity contribution is 9.10. The van der Waals surface area contributed by atoms with Gasteiger partial charge >= 0.3 is 6.03 Å². The smallest absolute Gasteiger partial charge is 0.335 e. The molecule has 3 aromatic rings. The van der Waals surface area contributed by atoms with Gasteiger partial charge in [-0.05, 0) is 76.5 Å². The maximum Gasteiger partial charge on any atom is 0.335 e. The number of halogens is 2. The van der Waals surface area contributed by atoms with Crippen LogP contribution in [0.2, 0.25) is 5.02 Å². The highest BCUT2D eigenvalue weighted by Gasteiger charge is 2.37. The molecule has 12 heteroatoms. The standard InChI is InChI=1S/C28H23BrClN3O7/c1-15-8-9-17(13-20(15)30)33-27(36)18(26(35)32-28(33)37)10-16-11-19(29)25(23(12-16)39-3)40-14-24(34)31-21-6-4-5-7-22(21)38-2/h4-13H,14H2,1-3H3,(H,31,34)(H,32,35,37)/b18-10+. The second-order valence-corrected chi connectivity index (χ2v) is 9.72. The summed E-state index contributed by atoms with van der Waals surface area (Å²) in [7, 11) is 2.90. The fourth-order valence-electron chi connectivity index (χ4n) is 3.81. The molecule has 0 aliphatic carbocycles. The summed E-state index contributed by atoms with van der Waals surface area (Å²) >= 11 is 9.57. The number of nitrogens with one attached hydrogen (secondary N) is 2. The van der Waals surface area contributed by atoms with Crippen LogP contribution >= 0.6 is 27.5 Å². The molecule has 40 heavy (non-hydrogen) atoms. The Labute approximate surface area is 243 Å². The molecule has 1 aliphatic heterocycles. The number of methoxy groups -OCH3 is 2. The van der Waals surface area contributed by atoms with E-state index < -0.39 is 23.8 Å². The Morgan fingerprint density at radius 2 is 1.77 bits per heavy atom. The Bertz CT molecular complexity index is 1560. The van der Waals surface area contributed by atoms with Crippen LogP contribution < -0.4 is 29.7 Å². The number of urea groups is 1. The highest BCUT2D eigenvalue weighted by atomic mass is 79.9. The number of aryl methyl sites for hydroxylation is 1. The molecule has 0 aromatic heterocycles. The van der Waals surface area contributed by atoms with Crippen molar-refractivity contribution in [2.75, 3.05) is 31.0 Å². The lowest BCUT2D eigenvalue weighted by Gasteiger charge is -2.26. The molecule has 0 spiro atoms. The molecule has 1 fully saturated rings. The number of benzene rings is 3. The van der Waals surface area contributed by atoms with Crippen molar-refractivity contribution in [1.82, 2.24) is 5.32 Å². The van der Waals surface area contributed by atoms with E-state index >= 15 is 0 Å². The van der Waals surface area contributed by atoms with Gasteiger partial charge in [-0.3, -0.25) is 19.7 Å². The van der Waals surface area contributed by atoms with Crippen LogP contribution in [0.25, 0.3) is 6.08 Å². The van der Waals surface area contributed by atoms with E-state index in [-0.39, 0.29) is 29.4 Å². The SMILES string of the molecule is COc1ccccc1NC(=O)COc1c(Br)cc(/C=C2\C(=O)NC(=O)N(c3ccc(C)c(Cl)c3)C2=O)cc1OC. The zero-order valence-corrected chi connectivity index (χ0v) is 23.9. The molecule has 0 radical (unpaired) electrons. The lowest BCUT2D eigenvalue weighted by Crippen LogP contribution is -2.54. The zero-order chi connectivity index (χ0) is 29.0. The predicted octanol–water partition coefficient (Wildman–Crippen LogP) is 5.11. The van der Waals surface area contributed by atoms with E-state index in [1.807, 2.05) is 0 Å². The molecule has 1 aliphatic rings. The van der Waals surface area contributed by atoms with Gasteiger partial charge in [-0.25, -0.2) is 9.69 Å². The first-order valence-electron chi connectivity index (χ1n) is 11.7. The number of barbiturate groups is 1. The number of carbonyl (C=O) groups excluding carboxylic acids is 4. The Kier molecular flexibility index (Phi) is 8.76. The minimum Gasteiger partial charge on any atom is -0.495 e. The summed E-state index contributed by atoms with van der Waals surface area (Å²) in [5.74, 6) is -1.15. The summed E-state index contributed by atoms with van der Waals surface area (Å²) < 4.78 is 16.8. The van der Waals surface area contributed by atoms with E-state index in [1.54, 1.807) is 49.4 Å². The molecule has 2 N–H and O–H groups in total. The number of para-hydroxylation sites is 2. The van der Waals surface area contributed by atoms with Gasteiger partial charge in [-0.1, -0.05) is 29.8 Å². The molecule has 0 unspecified atom stereocenters. The topological polar surface area (TPSA) is 123 Å². The lowest BCUT2D eigenvalue weighted by molar-refractivity contribution is -0.122. The van der Waals surface area contributed by atoms with Crippen molar-refractivity contribution in [1.29, 1.82) is 0 Å². The molecule has 1 heterocycles. The predicted molar refractivity (Wildman–Crippen MR) is 153 cm³/mol. The minimum atomic E-state index is -0.888. The molecule has 10 nitrogen and oxygen atoms in total. The number of carbonyl (C=O) groups is 4. The van der Waals surface area contributed by atoms with Crippen molar-refractivity contribution in [2.24, 2.45) is 0 Å². The van der Waals surface area contributed by atoms with Gasteiger partial charge in [0.25, 0.3) is 17.7 Å². The first kappa shape index (κ1) is 28.7. The number of imide groups is 2. The Balaban J connectivity index is 1.56. The van der Waals surface area contributed by atoms with Gasteiger partial charge in [-0.15, -0.1) is 0 Å².